The maximum Gasteiger partial charge on any atom is 0.236 e. The molecule has 2 aromatic heterocycles. The van der Waals surface area contributed by atoms with Crippen LogP contribution >= 0.6 is 0 Å². The molecule has 0 atom stereocenters. The van der Waals surface area contributed by atoms with Gasteiger partial charge in [0.2, 0.25) is 16.0 Å². The van der Waals surface area contributed by atoms with Crippen LogP contribution in [0.25, 0.3) is 10.9 Å². The van der Waals surface area contributed by atoms with E-state index >= 15 is 0 Å². The molecule has 2 fully saturated rings. The van der Waals surface area contributed by atoms with E-state index in [-0.39, 0.29) is 0 Å². The largest absolute Gasteiger partial charge is 0.494 e. The number of nitrogens with zero attached hydrogens (tertiary/aromatic N) is 6. The van der Waals surface area contributed by atoms with Gasteiger partial charge in [-0.05, 0) is 44.2 Å². The molecule has 2 aliphatic rings. The Hall–Kier alpha value is -4.31. The third-order valence-corrected chi connectivity index (χ3v) is 9.57. The molecule has 2 N–H and O–H groups in total. The van der Waals surface area contributed by atoms with Gasteiger partial charge in [0.25, 0.3) is 0 Å². The topological polar surface area (TPSA) is 108 Å². The van der Waals surface area contributed by atoms with Crippen LogP contribution < -0.4 is 20.3 Å². The minimum absolute atomic E-state index is 0.316. The summed E-state index contributed by atoms with van der Waals surface area (Å²) >= 11 is 0. The van der Waals surface area contributed by atoms with Crippen molar-refractivity contribution in [2.45, 2.75) is 18.9 Å². The highest BCUT2D eigenvalue weighted by molar-refractivity contribution is 7.89. The molecule has 0 unspecified atom stereocenters. The minimum atomic E-state index is -3.52. The second-order valence-corrected chi connectivity index (χ2v) is 13.3. The number of methoxy groups -OCH3 is 1. The highest BCUT2D eigenvalue weighted by Gasteiger charge is 2.27. The maximum absolute atomic E-state index is 12.4. The zero-order valence-electron chi connectivity index (χ0n) is 25.3. The predicted molar refractivity (Wildman–Crippen MR) is 176 cm³/mol. The molecular formula is C32H38N8O3S. The van der Waals surface area contributed by atoms with Crippen LogP contribution in [0.3, 0.4) is 0 Å². The molecule has 0 saturated carbocycles. The fourth-order valence-corrected chi connectivity index (χ4v) is 6.91. The standard InChI is InChI=1S/C32H38N8O3S/c1-5-23-22-33-32(36-31(23)34-28-8-6-7-24-11-16-40(30(24)28)44(4,41)42)35-27-10-9-26(21-29(27)43-3)38-14-12-25(13-15-38)39-19-17-37(2)18-20-39/h1,6-11,16,21-22,25H,12-15,17-20H2,2-4H3,(H2,33,34,35,36). The number of anilines is 5. The number of piperazine rings is 1. The molecule has 6 rings (SSSR count). The van der Waals surface area contributed by atoms with Crippen LogP contribution in [0.15, 0.2) is 54.9 Å². The Morgan fingerprint density at radius 2 is 1.77 bits per heavy atom. The number of rotatable bonds is 8. The lowest BCUT2D eigenvalue weighted by Crippen LogP contribution is -2.52. The summed E-state index contributed by atoms with van der Waals surface area (Å²) in [5, 5.41) is 7.27. The molecule has 12 heteroatoms. The van der Waals surface area contributed by atoms with Gasteiger partial charge in [0.1, 0.15) is 5.75 Å². The van der Waals surface area contributed by atoms with E-state index in [1.54, 1.807) is 25.4 Å². The van der Waals surface area contributed by atoms with Gasteiger partial charge in [-0.1, -0.05) is 18.1 Å². The summed E-state index contributed by atoms with van der Waals surface area (Å²) in [7, 11) is 0.323. The number of para-hydroxylation sites is 1. The monoisotopic (exact) mass is 614 g/mol. The van der Waals surface area contributed by atoms with Crippen LogP contribution in [0.4, 0.5) is 28.8 Å². The van der Waals surface area contributed by atoms with E-state index in [0.717, 1.165) is 75.1 Å². The molecule has 0 aliphatic carbocycles. The van der Waals surface area contributed by atoms with Crippen molar-refractivity contribution in [2.24, 2.45) is 0 Å². The molecule has 2 aliphatic heterocycles. The van der Waals surface area contributed by atoms with Crippen molar-refractivity contribution >= 4 is 49.8 Å². The Balaban J connectivity index is 1.19. The Labute approximate surface area is 258 Å². The van der Waals surface area contributed by atoms with E-state index in [4.69, 9.17) is 11.2 Å². The molecule has 0 amide bonds. The second-order valence-electron chi connectivity index (χ2n) is 11.4. The normalized spacial score (nSPS) is 17.0. The SMILES string of the molecule is C#Cc1cnc(Nc2ccc(N3CCC(N4CCN(C)CC4)CC3)cc2OC)nc1Nc1cccc2ccn(S(C)(=O)=O)c12. The summed E-state index contributed by atoms with van der Waals surface area (Å²) < 4.78 is 31.8. The number of terminal acetylenes is 1. The Kier molecular flexibility index (Phi) is 8.35. The third kappa shape index (κ3) is 6.17. The number of benzene rings is 2. The average Bonchev–Trinajstić information content (AvgIpc) is 3.48. The van der Waals surface area contributed by atoms with Gasteiger partial charge in [-0.15, -0.1) is 6.42 Å². The van der Waals surface area contributed by atoms with E-state index in [0.29, 0.717) is 40.3 Å². The highest BCUT2D eigenvalue weighted by Crippen LogP contribution is 2.34. The summed E-state index contributed by atoms with van der Waals surface area (Å²) in [6.07, 6.45) is 12.3. The van der Waals surface area contributed by atoms with E-state index in [9.17, 15) is 8.42 Å². The van der Waals surface area contributed by atoms with Crippen LogP contribution in [0.2, 0.25) is 0 Å². The van der Waals surface area contributed by atoms with Crippen molar-refractivity contribution in [3.05, 3.63) is 60.4 Å². The van der Waals surface area contributed by atoms with Crippen molar-refractivity contribution in [3.8, 4) is 18.1 Å². The van der Waals surface area contributed by atoms with E-state index in [1.165, 1.54) is 10.2 Å². The average molecular weight is 615 g/mol. The van der Waals surface area contributed by atoms with Crippen molar-refractivity contribution in [1.82, 2.24) is 23.7 Å². The predicted octanol–water partition coefficient (Wildman–Crippen LogP) is 3.93. The number of hydrogen-bond donors (Lipinski definition) is 2. The van der Waals surface area contributed by atoms with Crippen molar-refractivity contribution in [3.63, 3.8) is 0 Å². The van der Waals surface area contributed by atoms with Gasteiger partial charge in [-0.3, -0.25) is 4.90 Å². The Morgan fingerprint density at radius 1 is 1.00 bits per heavy atom. The number of likely N-dealkylation sites (N-methyl/N-ethyl adjacent to an activating group) is 1. The van der Waals surface area contributed by atoms with Gasteiger partial charge < -0.3 is 25.2 Å². The van der Waals surface area contributed by atoms with Crippen LogP contribution in [-0.2, 0) is 10.0 Å². The summed E-state index contributed by atoms with van der Waals surface area (Å²) in [6.45, 7) is 6.61. The number of hydrogen-bond acceptors (Lipinski definition) is 10. The van der Waals surface area contributed by atoms with Gasteiger partial charge in [-0.25, -0.2) is 17.4 Å². The number of nitrogens with one attached hydrogen (secondary N) is 2. The first-order valence-electron chi connectivity index (χ1n) is 14.8. The first-order valence-corrected chi connectivity index (χ1v) is 16.6. The van der Waals surface area contributed by atoms with Crippen LogP contribution in [0.1, 0.15) is 18.4 Å². The lowest BCUT2D eigenvalue weighted by Gasteiger charge is -2.42. The Morgan fingerprint density at radius 3 is 2.48 bits per heavy atom. The first-order chi connectivity index (χ1) is 21.2. The fraction of sp³-hybridized carbons (Fsp3) is 0.375. The van der Waals surface area contributed by atoms with Gasteiger partial charge in [0.05, 0.1) is 42.0 Å². The first kappa shape index (κ1) is 29.7. The van der Waals surface area contributed by atoms with E-state index in [2.05, 4.69) is 54.3 Å². The number of fused-ring (bicyclic) bond motifs is 1. The summed E-state index contributed by atoms with van der Waals surface area (Å²) in [4.78, 5) is 16.6. The molecule has 44 heavy (non-hydrogen) atoms. The maximum atomic E-state index is 12.4. The second kappa shape index (κ2) is 12.4. The molecule has 230 valence electrons. The molecule has 0 radical (unpaired) electrons. The Bertz CT molecular complexity index is 1800. The van der Waals surface area contributed by atoms with Gasteiger partial charge in [-0.2, -0.15) is 4.98 Å². The summed E-state index contributed by atoms with van der Waals surface area (Å²) in [5.41, 5.74) is 3.34. The number of ether oxygens (including phenoxy) is 1. The van der Waals surface area contributed by atoms with Crippen LogP contribution in [0, 0.1) is 12.3 Å². The zero-order valence-corrected chi connectivity index (χ0v) is 26.1. The third-order valence-electron chi connectivity index (χ3n) is 8.55. The fourth-order valence-electron chi connectivity index (χ4n) is 6.09. The molecule has 0 bridgehead atoms. The van der Waals surface area contributed by atoms with E-state index in [1.807, 2.05) is 24.3 Å². The quantitative estimate of drug-likeness (QED) is 0.284. The molecular weight excluding hydrogens is 576 g/mol. The molecule has 4 aromatic rings. The number of piperidine rings is 1. The van der Waals surface area contributed by atoms with Gasteiger partial charge in [0.15, 0.2) is 5.82 Å². The van der Waals surface area contributed by atoms with E-state index < -0.39 is 10.0 Å². The van der Waals surface area contributed by atoms with Crippen molar-refractivity contribution < 1.29 is 13.2 Å². The highest BCUT2D eigenvalue weighted by atomic mass is 32.2. The van der Waals surface area contributed by atoms with Crippen LogP contribution in [-0.4, -0.2) is 97.9 Å². The minimum Gasteiger partial charge on any atom is -0.494 e. The van der Waals surface area contributed by atoms with Gasteiger partial charge >= 0.3 is 0 Å². The van der Waals surface area contributed by atoms with Crippen LogP contribution in [0.5, 0.6) is 5.75 Å². The summed E-state index contributed by atoms with van der Waals surface area (Å²) in [6, 6.07) is 14.0. The van der Waals surface area contributed by atoms with Crippen molar-refractivity contribution in [2.75, 3.05) is 75.2 Å². The molecule has 2 saturated heterocycles. The molecule has 4 heterocycles. The molecule has 2 aromatic carbocycles. The molecule has 11 nitrogen and oxygen atoms in total. The zero-order chi connectivity index (χ0) is 30.8. The number of aromatic nitrogens is 3. The lowest BCUT2D eigenvalue weighted by molar-refractivity contribution is 0.0982. The smallest absolute Gasteiger partial charge is 0.236 e. The summed E-state index contributed by atoms with van der Waals surface area (Å²) in [5.74, 6) is 3.98. The lowest BCUT2D eigenvalue weighted by atomic mass is 10.0. The van der Waals surface area contributed by atoms with Crippen molar-refractivity contribution in [1.29, 1.82) is 0 Å². The molecule has 0 spiro atoms. The van der Waals surface area contributed by atoms with Gasteiger partial charge in [0, 0.05) is 68.6 Å².